The van der Waals surface area contributed by atoms with Crippen molar-refractivity contribution in [2.45, 2.75) is 13.0 Å². The van der Waals surface area contributed by atoms with Gasteiger partial charge in [0, 0.05) is 30.2 Å². The lowest BCUT2D eigenvalue weighted by atomic mass is 10.0. The molecular weight excluding hydrogens is 445 g/mol. The van der Waals surface area contributed by atoms with E-state index in [2.05, 4.69) is 39.3 Å². The Morgan fingerprint density at radius 3 is 2.75 bits per heavy atom. The maximum absolute atomic E-state index is 13.2. The second-order valence-electron chi connectivity index (χ2n) is 7.53. The molecule has 6 nitrogen and oxygen atoms in total. The average molecular weight is 464 g/mol. The van der Waals surface area contributed by atoms with Gasteiger partial charge in [-0.3, -0.25) is 9.36 Å². The van der Waals surface area contributed by atoms with E-state index in [-0.39, 0.29) is 5.56 Å². The summed E-state index contributed by atoms with van der Waals surface area (Å²) in [6, 6.07) is 11.3. The van der Waals surface area contributed by atoms with E-state index in [1.807, 2.05) is 6.07 Å². The summed E-state index contributed by atoms with van der Waals surface area (Å²) in [6.07, 6.45) is 5.79. The van der Waals surface area contributed by atoms with E-state index in [0.29, 0.717) is 38.1 Å². The first-order chi connectivity index (χ1) is 15.5. The smallest absolute Gasteiger partial charge is 0.266 e. The van der Waals surface area contributed by atoms with Gasteiger partial charge in [-0.05, 0) is 48.4 Å². The first-order valence-electron chi connectivity index (χ1n) is 10.1. The highest BCUT2D eigenvalue weighted by Gasteiger charge is 2.16. The third-order valence-corrected chi connectivity index (χ3v) is 6.14. The van der Waals surface area contributed by atoms with Crippen molar-refractivity contribution in [1.29, 1.82) is 0 Å². The Bertz CT molecular complexity index is 1410. The number of anilines is 2. The molecule has 0 atom stereocenters. The summed E-state index contributed by atoms with van der Waals surface area (Å²) in [5, 5.41) is 7.71. The van der Waals surface area contributed by atoms with Gasteiger partial charge in [0.2, 0.25) is 5.95 Å². The fraction of sp³-hybridized carbons (Fsp3) is 0.125. The zero-order chi connectivity index (χ0) is 22.2. The summed E-state index contributed by atoms with van der Waals surface area (Å²) in [6.45, 7) is 5.73. The lowest BCUT2D eigenvalue weighted by Crippen LogP contribution is -2.23. The summed E-state index contributed by atoms with van der Waals surface area (Å²) >= 11 is 12.7. The normalized spacial score (nSPS) is 13.1. The fourth-order valence-electron chi connectivity index (χ4n) is 3.93. The van der Waals surface area contributed by atoms with E-state index in [4.69, 9.17) is 23.2 Å². The Balaban J connectivity index is 1.59. The summed E-state index contributed by atoms with van der Waals surface area (Å²) in [5.41, 5.74) is 4.78. The van der Waals surface area contributed by atoms with Crippen molar-refractivity contribution in [3.63, 3.8) is 0 Å². The highest BCUT2D eigenvalue weighted by Crippen LogP contribution is 2.29. The molecule has 0 bridgehead atoms. The maximum Gasteiger partial charge on any atom is 0.266 e. The van der Waals surface area contributed by atoms with Crippen LogP contribution in [0.2, 0.25) is 10.0 Å². The van der Waals surface area contributed by atoms with Crippen LogP contribution in [0.5, 0.6) is 0 Å². The molecule has 2 N–H and O–H groups in total. The standard InChI is InChI=1S/C24H19Cl2N5O/c1-2-14-13-31(22-19(25)4-3-5-20(22)26)23(32)18-12-28-24(30-21(14)18)29-17-7-6-16-11-27-9-8-15(16)10-17/h2-7,10,12-13,27H,1,8-9,11H2,(H,28,29,30). The summed E-state index contributed by atoms with van der Waals surface area (Å²) in [4.78, 5) is 22.2. The third kappa shape index (κ3) is 3.66. The number of nitrogens with one attached hydrogen (secondary N) is 2. The Labute approximate surface area is 194 Å². The molecule has 32 heavy (non-hydrogen) atoms. The number of aromatic nitrogens is 3. The van der Waals surface area contributed by atoms with Crippen molar-refractivity contribution in [2.24, 2.45) is 0 Å². The number of nitrogens with zero attached hydrogens (tertiary/aromatic N) is 3. The quantitative estimate of drug-likeness (QED) is 0.439. The number of hydrogen-bond acceptors (Lipinski definition) is 5. The molecular formula is C24H19Cl2N5O. The molecule has 0 spiro atoms. The highest BCUT2D eigenvalue weighted by molar-refractivity contribution is 6.37. The van der Waals surface area contributed by atoms with E-state index in [1.165, 1.54) is 21.9 Å². The van der Waals surface area contributed by atoms with Crippen LogP contribution in [0, 0.1) is 0 Å². The Morgan fingerprint density at radius 2 is 1.97 bits per heavy atom. The molecule has 0 unspecified atom stereocenters. The van der Waals surface area contributed by atoms with Crippen molar-refractivity contribution in [2.75, 3.05) is 11.9 Å². The van der Waals surface area contributed by atoms with Gasteiger partial charge < -0.3 is 10.6 Å². The van der Waals surface area contributed by atoms with E-state index in [9.17, 15) is 4.79 Å². The van der Waals surface area contributed by atoms with Crippen molar-refractivity contribution in [3.05, 3.63) is 92.5 Å². The van der Waals surface area contributed by atoms with Crippen LogP contribution in [0.4, 0.5) is 11.6 Å². The number of para-hydroxylation sites is 1. The van der Waals surface area contributed by atoms with Gasteiger partial charge in [-0.15, -0.1) is 0 Å². The Hall–Kier alpha value is -3.19. The van der Waals surface area contributed by atoms with Crippen LogP contribution in [0.15, 0.2) is 60.2 Å². The molecule has 2 aromatic heterocycles. The first-order valence-corrected chi connectivity index (χ1v) is 10.9. The van der Waals surface area contributed by atoms with Gasteiger partial charge >= 0.3 is 0 Å². The van der Waals surface area contributed by atoms with Crippen LogP contribution in [0.3, 0.4) is 0 Å². The third-order valence-electron chi connectivity index (χ3n) is 5.53. The average Bonchev–Trinajstić information content (AvgIpc) is 2.80. The summed E-state index contributed by atoms with van der Waals surface area (Å²) in [7, 11) is 0. The molecule has 4 aromatic rings. The first kappa shape index (κ1) is 20.7. The van der Waals surface area contributed by atoms with Crippen LogP contribution < -0.4 is 16.2 Å². The summed E-state index contributed by atoms with van der Waals surface area (Å²) < 4.78 is 1.41. The predicted octanol–water partition coefficient (Wildman–Crippen LogP) is 5.12. The minimum atomic E-state index is -0.312. The van der Waals surface area contributed by atoms with Crippen molar-refractivity contribution >= 4 is 51.8 Å². The molecule has 5 rings (SSSR count). The van der Waals surface area contributed by atoms with E-state index < -0.39 is 0 Å². The predicted molar refractivity (Wildman–Crippen MR) is 130 cm³/mol. The maximum atomic E-state index is 13.2. The number of halogens is 2. The van der Waals surface area contributed by atoms with Crippen molar-refractivity contribution in [3.8, 4) is 5.69 Å². The molecule has 0 fully saturated rings. The number of fused-ring (bicyclic) bond motifs is 2. The number of rotatable bonds is 4. The molecule has 1 aliphatic heterocycles. The number of benzene rings is 2. The van der Waals surface area contributed by atoms with Crippen LogP contribution in [0.25, 0.3) is 22.7 Å². The zero-order valence-electron chi connectivity index (χ0n) is 17.0. The lowest BCUT2D eigenvalue weighted by Gasteiger charge is -2.18. The Morgan fingerprint density at radius 1 is 1.16 bits per heavy atom. The topological polar surface area (TPSA) is 71.8 Å². The number of hydrogen-bond donors (Lipinski definition) is 2. The summed E-state index contributed by atoms with van der Waals surface area (Å²) in [5.74, 6) is 0.405. The van der Waals surface area contributed by atoms with Gasteiger partial charge in [-0.2, -0.15) is 0 Å². The van der Waals surface area contributed by atoms with Crippen LogP contribution in [-0.2, 0) is 13.0 Å². The molecule has 3 heterocycles. The van der Waals surface area contributed by atoms with Gasteiger partial charge in [0.25, 0.3) is 5.56 Å². The van der Waals surface area contributed by atoms with E-state index in [0.717, 1.165) is 25.2 Å². The van der Waals surface area contributed by atoms with E-state index >= 15 is 0 Å². The minimum Gasteiger partial charge on any atom is -0.324 e. The van der Waals surface area contributed by atoms with Gasteiger partial charge in [-0.1, -0.05) is 48.0 Å². The molecule has 2 aromatic carbocycles. The second-order valence-corrected chi connectivity index (χ2v) is 8.34. The monoisotopic (exact) mass is 463 g/mol. The molecule has 0 amide bonds. The minimum absolute atomic E-state index is 0.312. The van der Waals surface area contributed by atoms with Crippen LogP contribution in [-0.4, -0.2) is 21.1 Å². The molecule has 0 aliphatic carbocycles. The van der Waals surface area contributed by atoms with Crippen LogP contribution in [0.1, 0.15) is 16.7 Å². The molecule has 1 aliphatic rings. The lowest BCUT2D eigenvalue weighted by molar-refractivity contribution is 0.644. The van der Waals surface area contributed by atoms with E-state index in [1.54, 1.807) is 30.5 Å². The Kier molecular flexibility index (Phi) is 5.43. The molecule has 8 heteroatoms. The van der Waals surface area contributed by atoms with Gasteiger partial charge in [0.05, 0.1) is 26.6 Å². The number of pyridine rings is 1. The molecule has 160 valence electrons. The molecule has 0 radical (unpaired) electrons. The van der Waals surface area contributed by atoms with Crippen molar-refractivity contribution < 1.29 is 0 Å². The van der Waals surface area contributed by atoms with Crippen molar-refractivity contribution in [1.82, 2.24) is 19.9 Å². The zero-order valence-corrected chi connectivity index (χ0v) is 18.5. The fourth-order valence-corrected chi connectivity index (χ4v) is 4.51. The second kappa shape index (κ2) is 8.39. The molecule has 0 saturated carbocycles. The largest absolute Gasteiger partial charge is 0.324 e. The van der Waals surface area contributed by atoms with Gasteiger partial charge in [-0.25, -0.2) is 9.97 Å². The SMILES string of the molecule is C=Cc1cn(-c2c(Cl)cccc2Cl)c(=O)c2cnc(Nc3ccc4c(c3)CCNC4)nc12. The highest BCUT2D eigenvalue weighted by atomic mass is 35.5. The van der Waals surface area contributed by atoms with Crippen LogP contribution >= 0.6 is 23.2 Å². The van der Waals surface area contributed by atoms with Gasteiger partial charge in [0.15, 0.2) is 0 Å². The molecule has 0 saturated heterocycles. The van der Waals surface area contributed by atoms with Gasteiger partial charge in [0.1, 0.15) is 0 Å².